The molecule has 3 aromatic rings. The van der Waals surface area contributed by atoms with Gasteiger partial charge in [0.05, 0.1) is 28.2 Å². The van der Waals surface area contributed by atoms with Gasteiger partial charge >= 0.3 is 0 Å². The first-order valence-corrected chi connectivity index (χ1v) is 14.3. The minimum atomic E-state index is -1.16. The molecule has 1 aliphatic carbocycles. The topological polar surface area (TPSA) is 125 Å². The zero-order valence-electron chi connectivity index (χ0n) is 23.7. The lowest BCUT2D eigenvalue weighted by molar-refractivity contribution is -0.138. The number of halogens is 1. The van der Waals surface area contributed by atoms with E-state index in [-0.39, 0.29) is 17.6 Å². The monoisotopic (exact) mass is 569 g/mol. The van der Waals surface area contributed by atoms with Crippen LogP contribution in [0.15, 0.2) is 48.8 Å². The minimum absolute atomic E-state index is 0.125. The van der Waals surface area contributed by atoms with Gasteiger partial charge in [-0.1, -0.05) is 12.1 Å². The Morgan fingerprint density at radius 3 is 2.74 bits per heavy atom. The zero-order valence-corrected chi connectivity index (χ0v) is 23.7. The number of hydrogen-bond donors (Lipinski definition) is 3. The molecule has 2 aromatic heterocycles. The van der Waals surface area contributed by atoms with Crippen molar-refractivity contribution in [1.82, 2.24) is 20.2 Å². The number of nitrogens with zero attached hydrogens (tertiary/aromatic N) is 3. The summed E-state index contributed by atoms with van der Waals surface area (Å²) in [6, 6.07) is 8.75. The van der Waals surface area contributed by atoms with Crippen molar-refractivity contribution in [3.63, 3.8) is 0 Å². The molecular formula is C32H32FN5O4. The molecule has 42 heavy (non-hydrogen) atoms. The molecule has 5 heterocycles. The van der Waals surface area contributed by atoms with Gasteiger partial charge in [-0.15, -0.1) is 0 Å². The van der Waals surface area contributed by atoms with Crippen molar-refractivity contribution in [2.75, 3.05) is 5.32 Å². The van der Waals surface area contributed by atoms with Gasteiger partial charge in [0.15, 0.2) is 0 Å². The third kappa shape index (κ3) is 3.74. The number of carbonyl (C=O) groups excluding carboxylic acids is 3. The summed E-state index contributed by atoms with van der Waals surface area (Å²) in [5.41, 5.74) is 1.53. The molecule has 0 saturated carbocycles. The lowest BCUT2D eigenvalue weighted by Crippen LogP contribution is -2.53. The number of fused-ring (bicyclic) bond motifs is 4. The summed E-state index contributed by atoms with van der Waals surface area (Å²) in [6.07, 6.45) is 5.44. The summed E-state index contributed by atoms with van der Waals surface area (Å²) in [4.78, 5) is 51.1. The predicted molar refractivity (Wildman–Crippen MR) is 151 cm³/mol. The first kappa shape index (κ1) is 26.7. The molecule has 216 valence electrons. The number of aliphatic hydroxyl groups is 1. The smallest absolute Gasteiger partial charge is 0.253 e. The molecule has 0 radical (unpaired) electrons. The Hall–Kier alpha value is -4.18. The molecule has 2 fully saturated rings. The number of nitrogens with one attached hydrogen (secondary N) is 2. The third-order valence-electron chi connectivity index (χ3n) is 9.77. The Bertz CT molecular complexity index is 1690. The number of aryl methyl sites for hydroxylation is 1. The second-order valence-electron chi connectivity index (χ2n) is 12.8. The van der Waals surface area contributed by atoms with E-state index in [9.17, 15) is 23.9 Å². The van der Waals surface area contributed by atoms with Crippen LogP contribution in [0.5, 0.6) is 0 Å². The summed E-state index contributed by atoms with van der Waals surface area (Å²) >= 11 is 0. The molecule has 3 amide bonds. The second kappa shape index (κ2) is 8.91. The summed E-state index contributed by atoms with van der Waals surface area (Å²) < 4.78 is 14.0. The van der Waals surface area contributed by atoms with E-state index in [0.29, 0.717) is 43.5 Å². The Labute approximate surface area is 242 Å². The number of pyridine rings is 2. The maximum Gasteiger partial charge on any atom is 0.253 e. The van der Waals surface area contributed by atoms with Gasteiger partial charge < -0.3 is 20.6 Å². The predicted octanol–water partition coefficient (Wildman–Crippen LogP) is 3.07. The van der Waals surface area contributed by atoms with Gasteiger partial charge in [-0.05, 0) is 81.0 Å². The normalized spacial score (nSPS) is 27.7. The van der Waals surface area contributed by atoms with Crippen LogP contribution in [0.2, 0.25) is 0 Å². The van der Waals surface area contributed by atoms with E-state index in [1.54, 1.807) is 37.1 Å². The SMILES string of the molecule is Cc1cc(F)ccc1[C@]12CC[C@H](C(C)(C)O)N1C(=O)[C@@H](NC(=O)c1cnc3c(c1)C[C@@]1(C3)C(=O)Nc3ncccc31)C2. The van der Waals surface area contributed by atoms with Crippen molar-refractivity contribution in [3.8, 4) is 0 Å². The highest BCUT2D eigenvalue weighted by molar-refractivity contribution is 6.06. The molecule has 3 aliphatic heterocycles. The molecule has 9 nitrogen and oxygen atoms in total. The number of hydrogen-bond acceptors (Lipinski definition) is 6. The van der Waals surface area contributed by atoms with Crippen molar-refractivity contribution >= 4 is 23.5 Å². The highest BCUT2D eigenvalue weighted by Crippen LogP contribution is 2.53. The Morgan fingerprint density at radius 2 is 1.98 bits per heavy atom. The van der Waals surface area contributed by atoms with E-state index in [2.05, 4.69) is 20.6 Å². The number of anilines is 1. The quantitative estimate of drug-likeness (QED) is 0.444. The molecule has 4 atom stereocenters. The zero-order chi connectivity index (χ0) is 29.6. The molecule has 1 spiro atoms. The van der Waals surface area contributed by atoms with E-state index in [1.165, 1.54) is 18.3 Å². The van der Waals surface area contributed by atoms with Gasteiger partial charge in [-0.3, -0.25) is 19.4 Å². The molecular weight excluding hydrogens is 537 g/mol. The van der Waals surface area contributed by atoms with Gasteiger partial charge in [0, 0.05) is 36.5 Å². The van der Waals surface area contributed by atoms with Crippen LogP contribution in [0.4, 0.5) is 10.2 Å². The highest BCUT2D eigenvalue weighted by atomic mass is 19.1. The van der Waals surface area contributed by atoms with Crippen LogP contribution in [0, 0.1) is 12.7 Å². The van der Waals surface area contributed by atoms with Gasteiger partial charge in [0.25, 0.3) is 5.91 Å². The molecule has 2 saturated heterocycles. The van der Waals surface area contributed by atoms with Crippen molar-refractivity contribution in [2.24, 2.45) is 0 Å². The standard InChI is InChI=1S/C32H32FN5O4/c1-17-11-20(33)6-7-21(17)32-9-8-25(30(2,3)42)38(32)28(40)24(15-32)36-27(39)19-12-18-13-31(14-23(18)35-16-19)22-5-4-10-34-26(22)37-29(31)41/h4-7,10-12,16,24-25,42H,8-9,13-15H2,1-3H3,(H,36,39)(H,34,37,41)/t24-,25+,31-,32+/m0/s1. The largest absolute Gasteiger partial charge is 0.388 e. The summed E-state index contributed by atoms with van der Waals surface area (Å²) in [6.45, 7) is 5.19. The average molecular weight is 570 g/mol. The lowest BCUT2D eigenvalue weighted by atomic mass is 9.80. The number of rotatable bonds is 4. The maximum absolute atomic E-state index is 14.0. The maximum atomic E-state index is 14.0. The number of benzene rings is 1. The highest BCUT2D eigenvalue weighted by Gasteiger charge is 2.61. The van der Waals surface area contributed by atoms with Crippen LogP contribution < -0.4 is 10.6 Å². The van der Waals surface area contributed by atoms with E-state index < -0.39 is 34.5 Å². The minimum Gasteiger partial charge on any atom is -0.388 e. The van der Waals surface area contributed by atoms with Gasteiger partial charge in [-0.2, -0.15) is 0 Å². The fourth-order valence-electron chi connectivity index (χ4n) is 7.87. The molecule has 3 N–H and O–H groups in total. The van der Waals surface area contributed by atoms with Crippen molar-refractivity contribution in [1.29, 1.82) is 0 Å². The van der Waals surface area contributed by atoms with E-state index in [0.717, 1.165) is 27.9 Å². The molecule has 0 bridgehead atoms. The third-order valence-corrected chi connectivity index (χ3v) is 9.77. The summed E-state index contributed by atoms with van der Waals surface area (Å²) in [5, 5.41) is 16.8. The summed E-state index contributed by atoms with van der Waals surface area (Å²) in [5.74, 6) is -0.625. The first-order valence-electron chi connectivity index (χ1n) is 14.3. The number of carbonyl (C=O) groups is 3. The molecule has 4 aliphatic rings. The van der Waals surface area contributed by atoms with Gasteiger partial charge in [-0.25, -0.2) is 9.37 Å². The average Bonchev–Trinajstić information content (AvgIpc) is 3.65. The van der Waals surface area contributed by atoms with E-state index >= 15 is 0 Å². The molecule has 7 rings (SSSR count). The van der Waals surface area contributed by atoms with E-state index in [1.807, 2.05) is 19.1 Å². The number of aromatic nitrogens is 2. The molecule has 0 unspecified atom stereocenters. The van der Waals surface area contributed by atoms with Gasteiger partial charge in [0.2, 0.25) is 11.8 Å². The van der Waals surface area contributed by atoms with Crippen LogP contribution >= 0.6 is 0 Å². The van der Waals surface area contributed by atoms with Crippen molar-refractivity contribution < 1.29 is 23.9 Å². The van der Waals surface area contributed by atoms with Crippen molar-refractivity contribution in [3.05, 3.63) is 88.1 Å². The van der Waals surface area contributed by atoms with E-state index in [4.69, 9.17) is 0 Å². The van der Waals surface area contributed by atoms with Crippen LogP contribution in [-0.4, -0.2) is 55.4 Å². The van der Waals surface area contributed by atoms with Crippen LogP contribution in [-0.2, 0) is 33.4 Å². The Balaban J connectivity index is 1.17. The first-order chi connectivity index (χ1) is 19.9. The number of amides is 3. The fourth-order valence-corrected chi connectivity index (χ4v) is 7.87. The Kier molecular flexibility index (Phi) is 5.66. The molecule has 1 aromatic carbocycles. The van der Waals surface area contributed by atoms with Gasteiger partial charge in [0.1, 0.15) is 17.7 Å². The second-order valence-corrected chi connectivity index (χ2v) is 12.8. The summed E-state index contributed by atoms with van der Waals surface area (Å²) in [7, 11) is 0. The molecule has 10 heteroatoms. The van der Waals surface area contributed by atoms with Crippen LogP contribution in [0.1, 0.15) is 71.4 Å². The fraction of sp³-hybridized carbons (Fsp3) is 0.406. The lowest BCUT2D eigenvalue weighted by Gasteiger charge is -2.40. The van der Waals surface area contributed by atoms with Crippen LogP contribution in [0.25, 0.3) is 0 Å². The Morgan fingerprint density at radius 1 is 1.17 bits per heavy atom. The van der Waals surface area contributed by atoms with Crippen LogP contribution in [0.3, 0.4) is 0 Å². The van der Waals surface area contributed by atoms with Crippen molar-refractivity contribution in [2.45, 2.75) is 81.5 Å².